The van der Waals surface area contributed by atoms with Gasteiger partial charge in [-0.2, -0.15) is 0 Å². The first-order valence-electron chi connectivity index (χ1n) is 5.51. The highest BCUT2D eigenvalue weighted by Crippen LogP contribution is 2.60. The quantitative estimate of drug-likeness (QED) is 0.573. The molecule has 2 atom stereocenters. The number of rotatable bonds is 5. The molecule has 1 fully saturated rings. The number of esters is 1. The maximum Gasteiger partial charge on any atom is 0.313 e. The predicted octanol–water partition coefficient (Wildman–Crippen LogP) is 3.10. The van der Waals surface area contributed by atoms with Gasteiger partial charge in [0.2, 0.25) is 0 Å². The maximum atomic E-state index is 11.9. The van der Waals surface area contributed by atoms with Crippen LogP contribution in [-0.4, -0.2) is 18.4 Å². The summed E-state index contributed by atoms with van der Waals surface area (Å²) in [5, 5.41) is 0. The van der Waals surface area contributed by atoms with Crippen molar-refractivity contribution < 1.29 is 14.3 Å². The summed E-state index contributed by atoms with van der Waals surface area (Å²) in [6.07, 6.45) is 1.49. The van der Waals surface area contributed by atoms with Gasteiger partial charge in [0.15, 0.2) is 0 Å². The van der Waals surface area contributed by atoms with Gasteiger partial charge in [0.05, 0.1) is 6.61 Å². The maximum absolute atomic E-state index is 11.9. The van der Waals surface area contributed by atoms with Crippen molar-refractivity contribution in [2.75, 3.05) is 6.61 Å². The summed E-state index contributed by atoms with van der Waals surface area (Å²) < 4.78 is 4.91. The van der Waals surface area contributed by atoms with Gasteiger partial charge in [-0.25, -0.2) is 0 Å². The molecule has 1 aliphatic carbocycles. The second kappa shape index (κ2) is 5.40. The summed E-state index contributed by atoms with van der Waals surface area (Å²) in [4.78, 5) is 23.1. The Balaban J connectivity index is 2.60. The average molecular weight is 279 g/mol. The Hall–Kier alpha value is -0.540. The van der Waals surface area contributed by atoms with Crippen molar-refractivity contribution >= 4 is 35.0 Å². The first kappa shape index (κ1) is 14.5. The second-order valence-corrected chi connectivity index (χ2v) is 5.74. The standard InChI is InChI=1S/C12H16Cl2O3/c1-4-17-10(16)6-8(15)11-7(5-9(13)14)12(11,2)3/h5,7,11H,4,6H2,1-3H3. The van der Waals surface area contributed by atoms with Crippen LogP contribution in [0.5, 0.6) is 0 Å². The number of ketones is 1. The molecule has 0 bridgehead atoms. The van der Waals surface area contributed by atoms with Gasteiger partial charge in [0.25, 0.3) is 0 Å². The van der Waals surface area contributed by atoms with Crippen molar-refractivity contribution in [2.45, 2.75) is 27.2 Å². The molecule has 0 N–H and O–H groups in total. The number of carbonyl (C=O) groups is 2. The summed E-state index contributed by atoms with van der Waals surface area (Å²) in [5.41, 5.74) is -0.182. The first-order chi connectivity index (χ1) is 7.80. The molecule has 1 saturated carbocycles. The smallest absolute Gasteiger partial charge is 0.313 e. The van der Waals surface area contributed by atoms with Crippen molar-refractivity contribution in [2.24, 2.45) is 17.3 Å². The summed E-state index contributed by atoms with van der Waals surface area (Å²) in [7, 11) is 0. The molecule has 0 heterocycles. The van der Waals surface area contributed by atoms with Crippen molar-refractivity contribution in [1.29, 1.82) is 0 Å². The molecule has 3 nitrogen and oxygen atoms in total. The number of Topliss-reactive ketones (excluding diaryl/α,β-unsaturated/α-hetero) is 1. The first-order valence-corrected chi connectivity index (χ1v) is 6.27. The highest BCUT2D eigenvalue weighted by molar-refractivity contribution is 6.55. The van der Waals surface area contributed by atoms with E-state index in [0.29, 0.717) is 0 Å². The highest BCUT2D eigenvalue weighted by Gasteiger charge is 2.60. The zero-order chi connectivity index (χ0) is 13.2. The highest BCUT2D eigenvalue weighted by atomic mass is 35.5. The molecule has 0 amide bonds. The molecule has 0 aliphatic heterocycles. The van der Waals surface area contributed by atoms with Gasteiger partial charge >= 0.3 is 5.97 Å². The number of hydrogen-bond acceptors (Lipinski definition) is 3. The monoisotopic (exact) mass is 278 g/mol. The van der Waals surface area contributed by atoms with Crippen LogP contribution in [0.15, 0.2) is 10.6 Å². The number of hydrogen-bond donors (Lipinski definition) is 0. The third kappa shape index (κ3) is 3.46. The summed E-state index contributed by atoms with van der Waals surface area (Å²) in [6, 6.07) is 0. The molecule has 0 aromatic heterocycles. The number of carbonyl (C=O) groups excluding carboxylic acids is 2. The van der Waals surface area contributed by atoms with E-state index in [4.69, 9.17) is 27.9 Å². The minimum atomic E-state index is -0.472. The third-order valence-corrected chi connectivity index (χ3v) is 3.44. The summed E-state index contributed by atoms with van der Waals surface area (Å²) >= 11 is 11.2. The molecular weight excluding hydrogens is 263 g/mol. The second-order valence-electron chi connectivity index (χ2n) is 4.73. The minimum Gasteiger partial charge on any atom is -0.466 e. The molecule has 2 unspecified atom stereocenters. The van der Waals surface area contributed by atoms with Gasteiger partial charge < -0.3 is 4.74 Å². The van der Waals surface area contributed by atoms with Crippen LogP contribution < -0.4 is 0 Å². The van der Waals surface area contributed by atoms with E-state index in [1.54, 1.807) is 13.0 Å². The molecule has 0 spiro atoms. The van der Waals surface area contributed by atoms with Gasteiger partial charge in [0.1, 0.15) is 16.7 Å². The lowest BCUT2D eigenvalue weighted by atomic mass is 10.1. The molecule has 5 heteroatoms. The van der Waals surface area contributed by atoms with Crippen molar-refractivity contribution in [3.05, 3.63) is 10.6 Å². The SMILES string of the molecule is CCOC(=O)CC(=O)C1C(C=C(Cl)Cl)C1(C)C. The number of halogens is 2. The Kier molecular flexibility index (Phi) is 4.62. The zero-order valence-corrected chi connectivity index (χ0v) is 11.6. The van der Waals surface area contributed by atoms with E-state index in [-0.39, 0.29) is 40.6 Å². The Bertz CT molecular complexity index is 357. The molecule has 0 saturated heterocycles. The van der Waals surface area contributed by atoms with Crippen LogP contribution in [0.3, 0.4) is 0 Å². The summed E-state index contributed by atoms with van der Waals surface area (Å²) in [5.74, 6) is -0.766. The zero-order valence-electron chi connectivity index (χ0n) is 10.1. The number of allylic oxidation sites excluding steroid dienone is 1. The molecule has 0 aromatic carbocycles. The molecule has 1 aliphatic rings. The fourth-order valence-corrected chi connectivity index (χ4v) is 2.48. The van der Waals surface area contributed by atoms with Crippen LogP contribution >= 0.6 is 23.2 Å². The van der Waals surface area contributed by atoms with Crippen molar-refractivity contribution in [3.63, 3.8) is 0 Å². The third-order valence-electron chi connectivity index (χ3n) is 3.19. The van der Waals surface area contributed by atoms with E-state index in [1.807, 2.05) is 13.8 Å². The topological polar surface area (TPSA) is 43.4 Å². The van der Waals surface area contributed by atoms with Crippen molar-refractivity contribution in [1.82, 2.24) is 0 Å². The van der Waals surface area contributed by atoms with E-state index in [9.17, 15) is 9.59 Å². The van der Waals surface area contributed by atoms with Crippen LogP contribution in [0, 0.1) is 17.3 Å². The Labute approximate surface area is 111 Å². The normalized spacial score (nSPS) is 25.0. The molecule has 17 heavy (non-hydrogen) atoms. The van der Waals surface area contributed by atoms with Crippen molar-refractivity contribution in [3.8, 4) is 0 Å². The van der Waals surface area contributed by atoms with E-state index in [0.717, 1.165) is 0 Å². The van der Waals surface area contributed by atoms with Crippen LogP contribution in [0.1, 0.15) is 27.2 Å². The molecule has 0 aromatic rings. The summed E-state index contributed by atoms with van der Waals surface area (Å²) in [6.45, 7) is 5.91. The Morgan fingerprint density at radius 3 is 2.41 bits per heavy atom. The van der Waals surface area contributed by atoms with Crippen LogP contribution in [-0.2, 0) is 14.3 Å². The predicted molar refractivity (Wildman–Crippen MR) is 66.8 cm³/mol. The molecule has 96 valence electrons. The Morgan fingerprint density at radius 1 is 1.35 bits per heavy atom. The molecule has 1 rings (SSSR count). The lowest BCUT2D eigenvalue weighted by Gasteiger charge is -2.02. The van der Waals surface area contributed by atoms with Gasteiger partial charge in [-0.05, 0) is 24.3 Å². The van der Waals surface area contributed by atoms with Gasteiger partial charge in [-0.1, -0.05) is 37.0 Å². The fraction of sp³-hybridized carbons (Fsp3) is 0.667. The van der Waals surface area contributed by atoms with Gasteiger partial charge in [-0.15, -0.1) is 0 Å². The van der Waals surface area contributed by atoms with E-state index < -0.39 is 5.97 Å². The lowest BCUT2D eigenvalue weighted by Crippen LogP contribution is -2.14. The van der Waals surface area contributed by atoms with Crippen LogP contribution in [0.25, 0.3) is 0 Å². The van der Waals surface area contributed by atoms with Gasteiger partial charge in [0, 0.05) is 5.92 Å². The molecular formula is C12H16Cl2O3. The van der Waals surface area contributed by atoms with E-state index in [2.05, 4.69) is 0 Å². The fourth-order valence-electron chi connectivity index (χ4n) is 2.20. The van der Waals surface area contributed by atoms with E-state index in [1.165, 1.54) is 0 Å². The molecule has 0 radical (unpaired) electrons. The largest absolute Gasteiger partial charge is 0.466 e. The Morgan fingerprint density at radius 2 is 1.94 bits per heavy atom. The van der Waals surface area contributed by atoms with Gasteiger partial charge in [-0.3, -0.25) is 9.59 Å². The van der Waals surface area contributed by atoms with Crippen LogP contribution in [0.2, 0.25) is 0 Å². The number of ether oxygens (including phenoxy) is 1. The van der Waals surface area contributed by atoms with Crippen LogP contribution in [0.4, 0.5) is 0 Å². The lowest BCUT2D eigenvalue weighted by molar-refractivity contribution is -0.145. The average Bonchev–Trinajstić information content (AvgIpc) is 2.66. The minimum absolute atomic E-state index is 0.00873. The van der Waals surface area contributed by atoms with E-state index >= 15 is 0 Å².